The molecule has 2 N–H and O–H groups in total. The standard InChI is InChI=1S/C17H15ClN2O3/c1-2-3-16(21)19-11-5-7-14-12(9-11)17(22)20-13-8-10(18)4-6-15(13)23-14/h4-9H,2-3H2,1H3,(H,19,21)(H,20,22). The predicted molar refractivity (Wildman–Crippen MR) is 89.5 cm³/mol. The second-order valence-electron chi connectivity index (χ2n) is 5.21. The first-order chi connectivity index (χ1) is 11.1. The van der Waals surface area contributed by atoms with E-state index in [4.69, 9.17) is 16.3 Å². The van der Waals surface area contributed by atoms with E-state index in [-0.39, 0.29) is 11.8 Å². The van der Waals surface area contributed by atoms with Gasteiger partial charge in [-0.3, -0.25) is 9.59 Å². The van der Waals surface area contributed by atoms with E-state index in [1.54, 1.807) is 36.4 Å². The van der Waals surface area contributed by atoms with Gasteiger partial charge in [0.2, 0.25) is 5.91 Å². The molecule has 0 aliphatic carbocycles. The van der Waals surface area contributed by atoms with Crippen molar-refractivity contribution in [2.75, 3.05) is 10.6 Å². The average Bonchev–Trinajstić information content (AvgIpc) is 2.63. The molecule has 0 aromatic heterocycles. The Labute approximate surface area is 138 Å². The summed E-state index contributed by atoms with van der Waals surface area (Å²) in [6.07, 6.45) is 1.19. The Hall–Kier alpha value is -2.53. The van der Waals surface area contributed by atoms with Gasteiger partial charge in [-0.15, -0.1) is 0 Å². The van der Waals surface area contributed by atoms with Crippen LogP contribution >= 0.6 is 11.6 Å². The molecule has 0 bridgehead atoms. The molecule has 0 saturated heterocycles. The summed E-state index contributed by atoms with van der Waals surface area (Å²) in [5.41, 5.74) is 1.42. The lowest BCUT2D eigenvalue weighted by atomic mass is 10.1. The maximum Gasteiger partial charge on any atom is 0.259 e. The van der Waals surface area contributed by atoms with Gasteiger partial charge in [0.25, 0.3) is 5.91 Å². The third-order valence-corrected chi connectivity index (χ3v) is 3.63. The number of amides is 2. The summed E-state index contributed by atoms with van der Waals surface area (Å²) in [6, 6.07) is 10.00. The molecule has 6 heteroatoms. The molecule has 1 heterocycles. The Balaban J connectivity index is 1.92. The van der Waals surface area contributed by atoms with Gasteiger partial charge in [-0.25, -0.2) is 0 Å². The number of hydrogen-bond acceptors (Lipinski definition) is 3. The van der Waals surface area contributed by atoms with Gasteiger partial charge in [0, 0.05) is 17.1 Å². The minimum atomic E-state index is -0.312. The second kappa shape index (κ2) is 6.30. The van der Waals surface area contributed by atoms with Gasteiger partial charge in [0.1, 0.15) is 5.75 Å². The molecule has 23 heavy (non-hydrogen) atoms. The summed E-state index contributed by atoms with van der Waals surface area (Å²) < 4.78 is 5.78. The van der Waals surface area contributed by atoms with Crippen molar-refractivity contribution in [3.63, 3.8) is 0 Å². The summed E-state index contributed by atoms with van der Waals surface area (Å²) in [4.78, 5) is 24.1. The molecule has 0 radical (unpaired) electrons. The number of ether oxygens (including phenoxy) is 1. The number of carbonyl (C=O) groups excluding carboxylic acids is 2. The lowest BCUT2D eigenvalue weighted by Gasteiger charge is -2.09. The number of rotatable bonds is 3. The van der Waals surface area contributed by atoms with Gasteiger partial charge in [-0.05, 0) is 42.8 Å². The molecule has 3 rings (SSSR count). The van der Waals surface area contributed by atoms with Gasteiger partial charge in [0.15, 0.2) is 5.75 Å². The van der Waals surface area contributed by atoms with E-state index in [9.17, 15) is 9.59 Å². The van der Waals surface area contributed by atoms with Crippen molar-refractivity contribution in [2.24, 2.45) is 0 Å². The number of carbonyl (C=O) groups is 2. The van der Waals surface area contributed by atoms with Crippen LogP contribution in [0.2, 0.25) is 5.02 Å². The zero-order chi connectivity index (χ0) is 16.4. The summed E-state index contributed by atoms with van der Waals surface area (Å²) in [7, 11) is 0. The van der Waals surface area contributed by atoms with Gasteiger partial charge < -0.3 is 15.4 Å². The van der Waals surface area contributed by atoms with E-state index in [0.717, 1.165) is 6.42 Å². The van der Waals surface area contributed by atoms with Gasteiger partial charge in [-0.1, -0.05) is 18.5 Å². The maximum absolute atomic E-state index is 12.4. The molecular formula is C17H15ClN2O3. The Morgan fingerprint density at radius 1 is 1.22 bits per heavy atom. The van der Waals surface area contributed by atoms with E-state index < -0.39 is 0 Å². The summed E-state index contributed by atoms with van der Waals surface area (Å²) >= 11 is 5.95. The highest BCUT2D eigenvalue weighted by molar-refractivity contribution is 6.31. The van der Waals surface area contributed by atoms with Crippen LogP contribution in [0.1, 0.15) is 30.1 Å². The van der Waals surface area contributed by atoms with Crippen molar-refractivity contribution in [3.8, 4) is 11.5 Å². The van der Waals surface area contributed by atoms with Crippen LogP contribution in [0.3, 0.4) is 0 Å². The first-order valence-corrected chi connectivity index (χ1v) is 7.67. The number of anilines is 2. The number of halogens is 1. The summed E-state index contributed by atoms with van der Waals surface area (Å²) in [5, 5.41) is 6.04. The fourth-order valence-electron chi connectivity index (χ4n) is 2.32. The maximum atomic E-state index is 12.4. The van der Waals surface area contributed by atoms with E-state index in [0.29, 0.717) is 39.9 Å². The van der Waals surface area contributed by atoms with Gasteiger partial charge >= 0.3 is 0 Å². The van der Waals surface area contributed by atoms with Crippen LogP contribution in [0.4, 0.5) is 11.4 Å². The molecule has 0 spiro atoms. The zero-order valence-electron chi connectivity index (χ0n) is 12.5. The first kappa shape index (κ1) is 15.4. The van der Waals surface area contributed by atoms with Crippen LogP contribution in [0.15, 0.2) is 36.4 Å². The van der Waals surface area contributed by atoms with E-state index in [1.165, 1.54) is 0 Å². The highest BCUT2D eigenvalue weighted by Crippen LogP contribution is 2.37. The molecule has 0 fully saturated rings. The first-order valence-electron chi connectivity index (χ1n) is 7.29. The van der Waals surface area contributed by atoms with Gasteiger partial charge in [-0.2, -0.15) is 0 Å². The topological polar surface area (TPSA) is 67.4 Å². The number of hydrogen-bond donors (Lipinski definition) is 2. The smallest absolute Gasteiger partial charge is 0.259 e. The molecule has 0 unspecified atom stereocenters. The molecule has 2 aromatic rings. The quantitative estimate of drug-likeness (QED) is 0.874. The van der Waals surface area contributed by atoms with Crippen molar-refractivity contribution in [1.29, 1.82) is 0 Å². The summed E-state index contributed by atoms with van der Waals surface area (Å²) in [6.45, 7) is 1.93. The monoisotopic (exact) mass is 330 g/mol. The van der Waals surface area contributed by atoms with Gasteiger partial charge in [0.05, 0.1) is 11.3 Å². The highest BCUT2D eigenvalue weighted by Gasteiger charge is 2.21. The van der Waals surface area contributed by atoms with Crippen LogP contribution in [0.25, 0.3) is 0 Å². The van der Waals surface area contributed by atoms with Crippen LogP contribution in [0, 0.1) is 0 Å². The Morgan fingerprint density at radius 3 is 2.78 bits per heavy atom. The molecule has 2 aromatic carbocycles. The lowest BCUT2D eigenvalue weighted by molar-refractivity contribution is -0.116. The molecule has 5 nitrogen and oxygen atoms in total. The van der Waals surface area contributed by atoms with Crippen molar-refractivity contribution < 1.29 is 14.3 Å². The molecule has 118 valence electrons. The normalized spacial score (nSPS) is 12.3. The predicted octanol–water partition coefficient (Wildman–Crippen LogP) is 4.44. The molecule has 0 saturated carbocycles. The Bertz CT molecular complexity index is 789. The van der Waals surface area contributed by atoms with Crippen molar-refractivity contribution in [2.45, 2.75) is 19.8 Å². The molecular weight excluding hydrogens is 316 g/mol. The zero-order valence-corrected chi connectivity index (χ0v) is 13.2. The van der Waals surface area contributed by atoms with Crippen LogP contribution in [-0.2, 0) is 4.79 Å². The molecule has 1 aliphatic heterocycles. The van der Waals surface area contributed by atoms with Crippen molar-refractivity contribution >= 4 is 34.8 Å². The van der Waals surface area contributed by atoms with Crippen molar-refractivity contribution in [1.82, 2.24) is 0 Å². The minimum Gasteiger partial charge on any atom is -0.454 e. The van der Waals surface area contributed by atoms with E-state index in [2.05, 4.69) is 10.6 Å². The number of nitrogens with one attached hydrogen (secondary N) is 2. The Kier molecular flexibility index (Phi) is 4.21. The number of benzene rings is 2. The fraction of sp³-hybridized carbons (Fsp3) is 0.176. The lowest BCUT2D eigenvalue weighted by Crippen LogP contribution is -2.13. The van der Waals surface area contributed by atoms with E-state index >= 15 is 0 Å². The average molecular weight is 331 g/mol. The molecule has 0 atom stereocenters. The molecule has 2 amide bonds. The SMILES string of the molecule is CCCC(=O)Nc1ccc2c(c1)C(=O)Nc1cc(Cl)ccc1O2. The van der Waals surface area contributed by atoms with Crippen LogP contribution in [0.5, 0.6) is 11.5 Å². The van der Waals surface area contributed by atoms with Crippen LogP contribution < -0.4 is 15.4 Å². The Morgan fingerprint density at radius 2 is 2.00 bits per heavy atom. The number of fused-ring (bicyclic) bond motifs is 2. The molecule has 1 aliphatic rings. The second-order valence-corrected chi connectivity index (χ2v) is 5.64. The third kappa shape index (κ3) is 3.29. The fourth-order valence-corrected chi connectivity index (χ4v) is 2.49. The third-order valence-electron chi connectivity index (χ3n) is 3.39. The van der Waals surface area contributed by atoms with Crippen LogP contribution in [-0.4, -0.2) is 11.8 Å². The van der Waals surface area contributed by atoms with Crippen molar-refractivity contribution in [3.05, 3.63) is 47.0 Å². The summed E-state index contributed by atoms with van der Waals surface area (Å²) in [5.74, 6) is 0.548. The minimum absolute atomic E-state index is 0.0857. The highest BCUT2D eigenvalue weighted by atomic mass is 35.5. The van der Waals surface area contributed by atoms with E-state index in [1.807, 2.05) is 6.92 Å². The largest absolute Gasteiger partial charge is 0.454 e.